The topological polar surface area (TPSA) is 74.7 Å². The van der Waals surface area contributed by atoms with Crippen LogP contribution in [0.5, 0.6) is 0 Å². The lowest BCUT2D eigenvalue weighted by molar-refractivity contribution is -0.137. The van der Waals surface area contributed by atoms with E-state index in [1.54, 1.807) is 12.1 Å². The zero-order valence-electron chi connectivity index (χ0n) is 10.5. The number of carboxylic acids is 1. The Bertz CT molecular complexity index is 541. The highest BCUT2D eigenvalue weighted by atomic mass is 32.2. The fourth-order valence-corrected chi connectivity index (χ4v) is 3.96. The molecule has 0 saturated carbocycles. The Hall–Kier alpha value is -1.40. The van der Waals surface area contributed by atoms with Gasteiger partial charge in [0.2, 0.25) is 10.0 Å². The predicted molar refractivity (Wildman–Crippen MR) is 71.0 cm³/mol. The van der Waals surface area contributed by atoms with Gasteiger partial charge in [0.25, 0.3) is 0 Å². The standard InChI is InChI=1S/C13H17NO4S/c15-13(16)8-12-6-7-14(9-12)19(17,18)10-11-4-2-1-3-5-11/h1-5,12H,6-10H2,(H,15,16). The lowest BCUT2D eigenvalue weighted by Crippen LogP contribution is -2.30. The second-order valence-electron chi connectivity index (χ2n) is 4.85. The van der Waals surface area contributed by atoms with Gasteiger partial charge >= 0.3 is 5.97 Å². The second kappa shape index (κ2) is 5.71. The maximum Gasteiger partial charge on any atom is 0.303 e. The molecule has 0 amide bonds. The highest BCUT2D eigenvalue weighted by Gasteiger charge is 2.32. The normalized spacial score (nSPS) is 20.5. The molecule has 0 bridgehead atoms. The Balaban J connectivity index is 2.00. The van der Waals surface area contributed by atoms with Crippen molar-refractivity contribution in [2.24, 2.45) is 5.92 Å². The first kappa shape index (κ1) is 14.0. The molecule has 1 fully saturated rings. The summed E-state index contributed by atoms with van der Waals surface area (Å²) >= 11 is 0. The molecular formula is C13H17NO4S. The minimum atomic E-state index is -3.34. The fourth-order valence-electron chi connectivity index (χ4n) is 2.34. The van der Waals surface area contributed by atoms with Crippen LogP contribution < -0.4 is 0 Å². The molecule has 1 saturated heterocycles. The molecule has 0 spiro atoms. The van der Waals surface area contributed by atoms with Gasteiger partial charge in [0.1, 0.15) is 0 Å². The third-order valence-electron chi connectivity index (χ3n) is 3.30. The van der Waals surface area contributed by atoms with E-state index in [-0.39, 0.29) is 18.1 Å². The van der Waals surface area contributed by atoms with Crippen molar-refractivity contribution in [2.45, 2.75) is 18.6 Å². The highest BCUT2D eigenvalue weighted by Crippen LogP contribution is 2.24. The van der Waals surface area contributed by atoms with Crippen LogP contribution in [0.25, 0.3) is 0 Å². The first-order valence-electron chi connectivity index (χ1n) is 6.21. The molecule has 1 N–H and O–H groups in total. The molecule has 1 aromatic rings. The van der Waals surface area contributed by atoms with Gasteiger partial charge in [-0.05, 0) is 17.9 Å². The van der Waals surface area contributed by atoms with Gasteiger partial charge in [-0.25, -0.2) is 12.7 Å². The molecule has 1 aliphatic heterocycles. The van der Waals surface area contributed by atoms with Gasteiger partial charge in [0.05, 0.1) is 5.75 Å². The summed E-state index contributed by atoms with van der Waals surface area (Å²) < 4.78 is 25.8. The number of aliphatic carboxylic acids is 1. The van der Waals surface area contributed by atoms with Crippen LogP contribution in [0.2, 0.25) is 0 Å². The molecule has 1 atom stereocenters. The first-order chi connectivity index (χ1) is 8.97. The van der Waals surface area contributed by atoms with Crippen molar-refractivity contribution >= 4 is 16.0 Å². The Morgan fingerprint density at radius 1 is 1.32 bits per heavy atom. The van der Waals surface area contributed by atoms with E-state index in [0.29, 0.717) is 19.5 Å². The zero-order valence-corrected chi connectivity index (χ0v) is 11.3. The van der Waals surface area contributed by atoms with E-state index in [4.69, 9.17) is 5.11 Å². The van der Waals surface area contributed by atoms with Gasteiger partial charge in [-0.2, -0.15) is 0 Å². The van der Waals surface area contributed by atoms with Crippen molar-refractivity contribution in [3.8, 4) is 0 Å². The number of benzene rings is 1. The molecule has 1 unspecified atom stereocenters. The second-order valence-corrected chi connectivity index (χ2v) is 6.82. The van der Waals surface area contributed by atoms with Crippen molar-refractivity contribution in [3.63, 3.8) is 0 Å². The molecule has 5 nitrogen and oxygen atoms in total. The molecule has 1 aliphatic rings. The van der Waals surface area contributed by atoms with Crippen molar-refractivity contribution in [1.82, 2.24) is 4.31 Å². The third kappa shape index (κ3) is 3.78. The Morgan fingerprint density at radius 2 is 2.00 bits per heavy atom. The van der Waals surface area contributed by atoms with Crippen LogP contribution in [0.1, 0.15) is 18.4 Å². The number of nitrogens with zero attached hydrogens (tertiary/aromatic N) is 1. The number of carbonyl (C=O) groups is 1. The molecule has 104 valence electrons. The highest BCUT2D eigenvalue weighted by molar-refractivity contribution is 7.88. The van der Waals surface area contributed by atoms with Crippen molar-refractivity contribution in [2.75, 3.05) is 13.1 Å². The molecule has 1 heterocycles. The fraction of sp³-hybridized carbons (Fsp3) is 0.462. The van der Waals surface area contributed by atoms with Crippen LogP contribution in [0.15, 0.2) is 30.3 Å². The number of rotatable bonds is 5. The van der Waals surface area contributed by atoms with Gasteiger partial charge in [-0.15, -0.1) is 0 Å². The smallest absolute Gasteiger partial charge is 0.303 e. The van der Waals surface area contributed by atoms with E-state index in [1.165, 1.54) is 4.31 Å². The summed E-state index contributed by atoms with van der Waals surface area (Å²) in [5.41, 5.74) is 0.754. The van der Waals surface area contributed by atoms with Crippen LogP contribution in [0, 0.1) is 5.92 Å². The number of sulfonamides is 1. The minimum absolute atomic E-state index is 0.0202. The molecular weight excluding hydrogens is 266 g/mol. The summed E-state index contributed by atoms with van der Waals surface area (Å²) in [7, 11) is -3.34. The quantitative estimate of drug-likeness (QED) is 0.884. The van der Waals surface area contributed by atoms with E-state index < -0.39 is 16.0 Å². The van der Waals surface area contributed by atoms with E-state index in [9.17, 15) is 13.2 Å². The lowest BCUT2D eigenvalue weighted by atomic mass is 10.1. The van der Waals surface area contributed by atoms with Crippen LogP contribution in [0.3, 0.4) is 0 Å². The zero-order chi connectivity index (χ0) is 13.9. The van der Waals surface area contributed by atoms with Crippen LogP contribution in [0.4, 0.5) is 0 Å². The summed E-state index contributed by atoms with van der Waals surface area (Å²) in [6.45, 7) is 0.745. The summed E-state index contributed by atoms with van der Waals surface area (Å²) in [5.74, 6) is -0.955. The van der Waals surface area contributed by atoms with Crippen LogP contribution in [-0.4, -0.2) is 36.9 Å². The molecule has 0 aliphatic carbocycles. The van der Waals surface area contributed by atoms with Gasteiger partial charge in [0.15, 0.2) is 0 Å². The number of hydrogen-bond acceptors (Lipinski definition) is 3. The van der Waals surface area contributed by atoms with Gasteiger partial charge < -0.3 is 5.11 Å². The number of hydrogen-bond donors (Lipinski definition) is 1. The van der Waals surface area contributed by atoms with E-state index in [0.717, 1.165) is 5.56 Å². The third-order valence-corrected chi connectivity index (χ3v) is 5.11. The van der Waals surface area contributed by atoms with E-state index in [1.807, 2.05) is 18.2 Å². The molecule has 1 aromatic carbocycles. The molecule has 19 heavy (non-hydrogen) atoms. The average molecular weight is 283 g/mol. The monoisotopic (exact) mass is 283 g/mol. The predicted octanol–water partition coefficient (Wildman–Crippen LogP) is 1.31. The maximum absolute atomic E-state index is 12.2. The first-order valence-corrected chi connectivity index (χ1v) is 7.82. The van der Waals surface area contributed by atoms with Crippen LogP contribution >= 0.6 is 0 Å². The summed E-state index contributed by atoms with van der Waals surface area (Å²) in [6.07, 6.45) is 0.664. The molecule has 6 heteroatoms. The van der Waals surface area contributed by atoms with Crippen molar-refractivity contribution in [3.05, 3.63) is 35.9 Å². The lowest BCUT2D eigenvalue weighted by Gasteiger charge is -2.16. The summed E-state index contributed by atoms with van der Waals surface area (Å²) in [5, 5.41) is 8.73. The largest absolute Gasteiger partial charge is 0.481 e. The Kier molecular flexibility index (Phi) is 4.21. The van der Waals surface area contributed by atoms with Gasteiger partial charge in [-0.3, -0.25) is 4.79 Å². The number of carboxylic acid groups (broad SMARTS) is 1. The van der Waals surface area contributed by atoms with Crippen molar-refractivity contribution in [1.29, 1.82) is 0 Å². The van der Waals surface area contributed by atoms with Crippen LogP contribution in [-0.2, 0) is 20.6 Å². The van der Waals surface area contributed by atoms with Crippen molar-refractivity contribution < 1.29 is 18.3 Å². The van der Waals surface area contributed by atoms with E-state index >= 15 is 0 Å². The van der Waals surface area contributed by atoms with Gasteiger partial charge in [0, 0.05) is 19.5 Å². The molecule has 0 aromatic heterocycles. The maximum atomic E-state index is 12.2. The Morgan fingerprint density at radius 3 is 2.63 bits per heavy atom. The van der Waals surface area contributed by atoms with Gasteiger partial charge in [-0.1, -0.05) is 30.3 Å². The summed E-state index contributed by atoms with van der Waals surface area (Å²) in [4.78, 5) is 10.6. The average Bonchev–Trinajstić information content (AvgIpc) is 2.78. The molecule has 0 radical (unpaired) electrons. The Labute approximate surface area is 112 Å². The SMILES string of the molecule is O=C(O)CC1CCN(S(=O)(=O)Cc2ccccc2)C1. The van der Waals surface area contributed by atoms with E-state index in [2.05, 4.69) is 0 Å². The summed E-state index contributed by atoms with van der Waals surface area (Å²) in [6, 6.07) is 9.02. The minimum Gasteiger partial charge on any atom is -0.481 e. The molecule has 2 rings (SSSR count).